The molecule has 0 unspecified atom stereocenters. The van der Waals surface area contributed by atoms with Gasteiger partial charge in [-0.2, -0.15) is 13.2 Å². The van der Waals surface area contributed by atoms with Crippen molar-refractivity contribution in [2.75, 3.05) is 19.7 Å². The van der Waals surface area contributed by atoms with Gasteiger partial charge in [0.05, 0.1) is 6.61 Å². The highest BCUT2D eigenvalue weighted by atomic mass is 19.4. The first-order valence-corrected chi connectivity index (χ1v) is 3.63. The van der Waals surface area contributed by atoms with Crippen LogP contribution in [0, 0.1) is 0 Å². The van der Waals surface area contributed by atoms with Crippen LogP contribution in [0.5, 0.6) is 0 Å². The number of nitrogens with two attached hydrogens (primary N) is 1. The first-order valence-electron chi connectivity index (χ1n) is 3.63. The van der Waals surface area contributed by atoms with Gasteiger partial charge < -0.3 is 15.8 Å². The molecular formula is C6H11F3N2O2. The molecule has 0 aromatic heterocycles. The van der Waals surface area contributed by atoms with E-state index < -0.39 is 18.8 Å². The van der Waals surface area contributed by atoms with Crippen LogP contribution in [0.3, 0.4) is 0 Å². The molecular weight excluding hydrogens is 189 g/mol. The Morgan fingerprint density at radius 1 is 1.46 bits per heavy atom. The monoisotopic (exact) mass is 200 g/mol. The van der Waals surface area contributed by atoms with Gasteiger partial charge in [-0.3, -0.25) is 0 Å². The minimum atomic E-state index is -4.41. The van der Waals surface area contributed by atoms with Crippen LogP contribution in [0.2, 0.25) is 0 Å². The molecule has 0 radical (unpaired) electrons. The van der Waals surface area contributed by atoms with Gasteiger partial charge in [0.1, 0.15) is 6.54 Å². The van der Waals surface area contributed by atoms with Gasteiger partial charge in [-0.15, -0.1) is 0 Å². The maximum atomic E-state index is 11.5. The van der Waals surface area contributed by atoms with Crippen molar-refractivity contribution < 1.29 is 22.7 Å². The SMILES string of the molecule is NCCCOC(=O)NCC(F)(F)F. The number of nitrogens with one attached hydrogen (secondary N) is 1. The lowest BCUT2D eigenvalue weighted by Crippen LogP contribution is -2.34. The van der Waals surface area contributed by atoms with Crippen molar-refractivity contribution in [1.82, 2.24) is 5.32 Å². The lowest BCUT2D eigenvalue weighted by atomic mass is 10.5. The van der Waals surface area contributed by atoms with Crippen LogP contribution in [-0.4, -0.2) is 32.0 Å². The Hall–Kier alpha value is -0.980. The molecule has 0 aromatic carbocycles. The largest absolute Gasteiger partial charge is 0.450 e. The quantitative estimate of drug-likeness (QED) is 0.654. The first-order chi connectivity index (χ1) is 5.95. The summed E-state index contributed by atoms with van der Waals surface area (Å²) in [5, 5.41) is 1.55. The zero-order chi connectivity index (χ0) is 10.3. The lowest BCUT2D eigenvalue weighted by molar-refractivity contribution is -0.123. The molecule has 0 heterocycles. The van der Waals surface area contributed by atoms with Crippen LogP contribution >= 0.6 is 0 Å². The molecule has 13 heavy (non-hydrogen) atoms. The number of alkyl halides is 3. The van der Waals surface area contributed by atoms with E-state index in [1.54, 1.807) is 5.32 Å². The van der Waals surface area contributed by atoms with Crippen LogP contribution in [-0.2, 0) is 4.74 Å². The molecule has 3 N–H and O–H groups in total. The van der Waals surface area contributed by atoms with Crippen molar-refractivity contribution in [2.24, 2.45) is 5.73 Å². The summed E-state index contributed by atoms with van der Waals surface area (Å²) >= 11 is 0. The van der Waals surface area contributed by atoms with Crippen molar-refractivity contribution in [3.63, 3.8) is 0 Å². The molecule has 4 nitrogen and oxygen atoms in total. The number of rotatable bonds is 4. The topological polar surface area (TPSA) is 64.3 Å². The van der Waals surface area contributed by atoms with Gasteiger partial charge in [-0.05, 0) is 13.0 Å². The van der Waals surface area contributed by atoms with E-state index in [2.05, 4.69) is 4.74 Å². The Labute approximate surface area is 73.2 Å². The number of carbonyl (C=O) groups excluding carboxylic acids is 1. The van der Waals surface area contributed by atoms with E-state index in [4.69, 9.17) is 5.73 Å². The molecule has 0 atom stereocenters. The predicted octanol–water partition coefficient (Wildman–Crippen LogP) is 0.624. The number of amides is 1. The van der Waals surface area contributed by atoms with E-state index in [1.165, 1.54) is 0 Å². The fourth-order valence-electron chi connectivity index (χ4n) is 0.472. The Balaban J connectivity index is 3.41. The summed E-state index contributed by atoms with van der Waals surface area (Å²) in [6, 6.07) is 0. The van der Waals surface area contributed by atoms with Gasteiger partial charge in [0.25, 0.3) is 0 Å². The van der Waals surface area contributed by atoms with E-state index in [-0.39, 0.29) is 6.61 Å². The number of ether oxygens (including phenoxy) is 1. The first kappa shape index (κ1) is 12.0. The average molecular weight is 200 g/mol. The minimum Gasteiger partial charge on any atom is -0.450 e. The third-order valence-corrected chi connectivity index (χ3v) is 1.01. The van der Waals surface area contributed by atoms with E-state index in [1.807, 2.05) is 0 Å². The van der Waals surface area contributed by atoms with Gasteiger partial charge in [-0.1, -0.05) is 0 Å². The van der Waals surface area contributed by atoms with Gasteiger partial charge in [-0.25, -0.2) is 4.79 Å². The summed E-state index contributed by atoms with van der Waals surface area (Å²) in [6.45, 7) is -1.03. The van der Waals surface area contributed by atoms with Crippen molar-refractivity contribution >= 4 is 6.09 Å². The highest BCUT2D eigenvalue weighted by molar-refractivity contribution is 5.67. The Morgan fingerprint density at radius 2 is 2.08 bits per heavy atom. The highest BCUT2D eigenvalue weighted by Crippen LogP contribution is 2.11. The second-order valence-corrected chi connectivity index (χ2v) is 2.25. The predicted molar refractivity (Wildman–Crippen MR) is 39.1 cm³/mol. The normalized spacial score (nSPS) is 11.1. The van der Waals surface area contributed by atoms with Crippen LogP contribution < -0.4 is 11.1 Å². The van der Waals surface area contributed by atoms with Gasteiger partial charge in [0.2, 0.25) is 0 Å². The Morgan fingerprint density at radius 3 is 2.54 bits per heavy atom. The molecule has 0 aliphatic heterocycles. The van der Waals surface area contributed by atoms with Crippen molar-refractivity contribution in [1.29, 1.82) is 0 Å². The van der Waals surface area contributed by atoms with Crippen molar-refractivity contribution in [3.05, 3.63) is 0 Å². The fourth-order valence-corrected chi connectivity index (χ4v) is 0.472. The molecule has 0 saturated carbocycles. The number of carbonyl (C=O) groups is 1. The van der Waals surface area contributed by atoms with E-state index in [0.29, 0.717) is 13.0 Å². The maximum absolute atomic E-state index is 11.5. The molecule has 0 aliphatic carbocycles. The summed E-state index contributed by atoms with van der Waals surface area (Å²) in [6.07, 6.45) is -5.06. The molecule has 0 saturated heterocycles. The highest BCUT2D eigenvalue weighted by Gasteiger charge is 2.27. The molecule has 0 aliphatic rings. The number of halogens is 3. The average Bonchev–Trinajstić information content (AvgIpc) is 2.00. The Kier molecular flexibility index (Phi) is 5.20. The van der Waals surface area contributed by atoms with Crippen LogP contribution in [0.15, 0.2) is 0 Å². The van der Waals surface area contributed by atoms with Crippen LogP contribution in [0.4, 0.5) is 18.0 Å². The van der Waals surface area contributed by atoms with Crippen LogP contribution in [0.25, 0.3) is 0 Å². The molecule has 0 aromatic rings. The summed E-state index contributed by atoms with van der Waals surface area (Å²) in [5.74, 6) is 0. The molecule has 7 heteroatoms. The van der Waals surface area contributed by atoms with E-state index in [9.17, 15) is 18.0 Å². The molecule has 0 fully saturated rings. The van der Waals surface area contributed by atoms with Gasteiger partial charge in [0.15, 0.2) is 0 Å². The molecule has 0 spiro atoms. The number of alkyl carbamates (subject to hydrolysis) is 1. The van der Waals surface area contributed by atoms with Crippen LogP contribution in [0.1, 0.15) is 6.42 Å². The molecule has 0 bridgehead atoms. The van der Waals surface area contributed by atoms with E-state index in [0.717, 1.165) is 0 Å². The van der Waals surface area contributed by atoms with E-state index >= 15 is 0 Å². The second kappa shape index (κ2) is 5.63. The maximum Gasteiger partial charge on any atom is 0.407 e. The van der Waals surface area contributed by atoms with Gasteiger partial charge >= 0.3 is 12.3 Å². The van der Waals surface area contributed by atoms with Gasteiger partial charge in [0, 0.05) is 0 Å². The smallest absolute Gasteiger partial charge is 0.407 e. The summed E-state index contributed by atoms with van der Waals surface area (Å²) in [4.78, 5) is 10.5. The van der Waals surface area contributed by atoms with Crippen molar-refractivity contribution in [3.8, 4) is 0 Å². The zero-order valence-electron chi connectivity index (χ0n) is 6.86. The number of hydrogen-bond donors (Lipinski definition) is 2. The summed E-state index contributed by atoms with van der Waals surface area (Å²) < 4.78 is 38.9. The third-order valence-electron chi connectivity index (χ3n) is 1.01. The molecule has 78 valence electrons. The summed E-state index contributed by atoms with van der Waals surface area (Å²) in [7, 11) is 0. The minimum absolute atomic E-state index is 0.0280. The number of hydrogen-bond acceptors (Lipinski definition) is 3. The molecule has 0 rings (SSSR count). The Bertz CT molecular complexity index is 160. The third kappa shape index (κ3) is 8.93. The molecule has 1 amide bonds. The fraction of sp³-hybridized carbons (Fsp3) is 0.833. The van der Waals surface area contributed by atoms with Crippen molar-refractivity contribution in [2.45, 2.75) is 12.6 Å². The zero-order valence-corrected chi connectivity index (χ0v) is 6.86. The summed E-state index contributed by atoms with van der Waals surface area (Å²) in [5.41, 5.74) is 5.07. The second-order valence-electron chi connectivity index (χ2n) is 2.25. The lowest BCUT2D eigenvalue weighted by Gasteiger charge is -2.08. The standard InChI is InChI=1S/C6H11F3N2O2/c7-6(8,9)4-11-5(12)13-3-1-2-10/h1-4,10H2,(H,11,12).